The normalized spacial score (nSPS) is 31.7. The molecule has 3 atom stereocenters. The number of hydrogen-bond acceptors (Lipinski definition) is 3. The fourth-order valence-corrected chi connectivity index (χ4v) is 4.16. The second-order valence-corrected chi connectivity index (χ2v) is 7.59. The fraction of sp³-hybridized carbons (Fsp3) is 0.667. The number of nitrogens with two attached hydrogens (primary N) is 1. The maximum absolute atomic E-state index is 6.66. The first kappa shape index (κ1) is 15.0. The minimum Gasteiger partial charge on any atom is -0.372 e. The van der Waals surface area contributed by atoms with Crippen LogP contribution in [-0.4, -0.2) is 23.9 Å². The highest BCUT2D eigenvalue weighted by molar-refractivity contribution is 5.32. The number of ether oxygens (including phenoxy) is 2. The summed E-state index contributed by atoms with van der Waals surface area (Å²) < 4.78 is 12.3. The molecule has 1 saturated heterocycles. The molecule has 0 bridgehead atoms. The molecular formula is C18H27NO2. The lowest BCUT2D eigenvalue weighted by atomic mass is 9.77. The van der Waals surface area contributed by atoms with Crippen molar-refractivity contribution in [2.24, 2.45) is 11.7 Å². The molecule has 0 aromatic heterocycles. The zero-order chi connectivity index (χ0) is 15.3. The van der Waals surface area contributed by atoms with E-state index in [0.717, 1.165) is 19.4 Å². The van der Waals surface area contributed by atoms with Gasteiger partial charge in [-0.05, 0) is 51.7 Å². The molecule has 1 fully saturated rings. The molecule has 2 N–H and O–H groups in total. The SMILES string of the molecule is CC1(C)CC(C(N)C2OCCc3ccccc32)C(C)(C)O1. The lowest BCUT2D eigenvalue weighted by Crippen LogP contribution is -2.46. The van der Waals surface area contributed by atoms with E-state index in [1.165, 1.54) is 11.1 Å². The van der Waals surface area contributed by atoms with Crippen LogP contribution in [0.2, 0.25) is 0 Å². The van der Waals surface area contributed by atoms with Gasteiger partial charge in [-0.2, -0.15) is 0 Å². The van der Waals surface area contributed by atoms with Crippen LogP contribution in [-0.2, 0) is 15.9 Å². The summed E-state index contributed by atoms with van der Waals surface area (Å²) in [5.74, 6) is 0.295. The summed E-state index contributed by atoms with van der Waals surface area (Å²) in [4.78, 5) is 0. The van der Waals surface area contributed by atoms with Crippen LogP contribution in [0, 0.1) is 5.92 Å². The Morgan fingerprint density at radius 1 is 1.19 bits per heavy atom. The van der Waals surface area contributed by atoms with E-state index in [2.05, 4.69) is 52.0 Å². The van der Waals surface area contributed by atoms with Crippen molar-refractivity contribution < 1.29 is 9.47 Å². The lowest BCUT2D eigenvalue weighted by Gasteiger charge is -2.37. The van der Waals surface area contributed by atoms with Gasteiger partial charge in [0.05, 0.1) is 23.9 Å². The van der Waals surface area contributed by atoms with Gasteiger partial charge in [0.1, 0.15) is 0 Å². The molecule has 0 spiro atoms. The van der Waals surface area contributed by atoms with Crippen molar-refractivity contribution in [3.63, 3.8) is 0 Å². The maximum atomic E-state index is 6.66. The highest BCUT2D eigenvalue weighted by Crippen LogP contribution is 2.46. The molecule has 3 rings (SSSR count). The molecule has 2 aliphatic rings. The molecule has 0 amide bonds. The zero-order valence-electron chi connectivity index (χ0n) is 13.6. The average Bonchev–Trinajstić information content (AvgIpc) is 2.65. The van der Waals surface area contributed by atoms with Crippen LogP contribution in [0.15, 0.2) is 24.3 Å². The standard InChI is InChI=1S/C18H27NO2/c1-17(2)11-14(18(3,4)21-17)15(19)16-13-8-6-5-7-12(13)9-10-20-16/h5-8,14-16H,9-11,19H2,1-4H3. The van der Waals surface area contributed by atoms with Gasteiger partial charge < -0.3 is 15.2 Å². The Labute approximate surface area is 127 Å². The van der Waals surface area contributed by atoms with E-state index in [9.17, 15) is 0 Å². The van der Waals surface area contributed by atoms with E-state index in [-0.39, 0.29) is 23.3 Å². The lowest BCUT2D eigenvalue weighted by molar-refractivity contribution is -0.0848. The summed E-state index contributed by atoms with van der Waals surface area (Å²) in [6.07, 6.45) is 1.94. The number of fused-ring (bicyclic) bond motifs is 1. The van der Waals surface area contributed by atoms with Gasteiger partial charge in [0.25, 0.3) is 0 Å². The van der Waals surface area contributed by atoms with Gasteiger partial charge in [-0.1, -0.05) is 24.3 Å². The number of hydrogen-bond donors (Lipinski definition) is 1. The molecule has 2 aliphatic heterocycles. The molecule has 0 aliphatic carbocycles. The van der Waals surface area contributed by atoms with Gasteiger partial charge >= 0.3 is 0 Å². The smallest absolute Gasteiger partial charge is 0.0982 e. The summed E-state index contributed by atoms with van der Waals surface area (Å²) in [6, 6.07) is 8.49. The van der Waals surface area contributed by atoms with Crippen molar-refractivity contribution >= 4 is 0 Å². The van der Waals surface area contributed by atoms with E-state index in [1.807, 2.05) is 0 Å². The monoisotopic (exact) mass is 289 g/mol. The Morgan fingerprint density at radius 2 is 1.90 bits per heavy atom. The Balaban J connectivity index is 1.88. The summed E-state index contributed by atoms with van der Waals surface area (Å²) in [5.41, 5.74) is 8.98. The number of benzene rings is 1. The Hall–Kier alpha value is -0.900. The van der Waals surface area contributed by atoms with Crippen LogP contribution in [0.25, 0.3) is 0 Å². The topological polar surface area (TPSA) is 44.5 Å². The predicted octanol–water partition coefficient (Wildman–Crippen LogP) is 3.22. The van der Waals surface area contributed by atoms with Crippen LogP contribution < -0.4 is 5.73 Å². The Kier molecular flexibility index (Phi) is 3.63. The fourth-order valence-electron chi connectivity index (χ4n) is 4.16. The van der Waals surface area contributed by atoms with Crippen molar-refractivity contribution in [2.75, 3.05) is 6.61 Å². The van der Waals surface area contributed by atoms with Crippen LogP contribution >= 0.6 is 0 Å². The van der Waals surface area contributed by atoms with Gasteiger partial charge in [0.15, 0.2) is 0 Å². The second kappa shape index (κ2) is 5.08. The van der Waals surface area contributed by atoms with E-state index in [0.29, 0.717) is 5.92 Å². The Bertz CT molecular complexity index is 524. The molecule has 1 aromatic rings. The predicted molar refractivity (Wildman–Crippen MR) is 84.2 cm³/mol. The average molecular weight is 289 g/mol. The van der Waals surface area contributed by atoms with Gasteiger partial charge in [0.2, 0.25) is 0 Å². The van der Waals surface area contributed by atoms with Crippen LogP contribution in [0.4, 0.5) is 0 Å². The van der Waals surface area contributed by atoms with E-state index in [1.54, 1.807) is 0 Å². The first-order chi connectivity index (χ1) is 9.80. The van der Waals surface area contributed by atoms with Crippen molar-refractivity contribution in [3.8, 4) is 0 Å². The summed E-state index contributed by atoms with van der Waals surface area (Å²) >= 11 is 0. The second-order valence-electron chi connectivity index (χ2n) is 7.59. The van der Waals surface area contributed by atoms with E-state index < -0.39 is 0 Å². The molecule has 3 nitrogen and oxygen atoms in total. The van der Waals surface area contributed by atoms with E-state index >= 15 is 0 Å². The van der Waals surface area contributed by atoms with Gasteiger partial charge in [-0.15, -0.1) is 0 Å². The highest BCUT2D eigenvalue weighted by atomic mass is 16.5. The largest absolute Gasteiger partial charge is 0.372 e. The molecule has 0 saturated carbocycles. The highest BCUT2D eigenvalue weighted by Gasteiger charge is 2.50. The quantitative estimate of drug-likeness (QED) is 0.909. The summed E-state index contributed by atoms with van der Waals surface area (Å²) in [7, 11) is 0. The molecule has 116 valence electrons. The van der Waals surface area contributed by atoms with Crippen molar-refractivity contribution in [3.05, 3.63) is 35.4 Å². The maximum Gasteiger partial charge on any atom is 0.0982 e. The van der Waals surface area contributed by atoms with Crippen molar-refractivity contribution in [1.29, 1.82) is 0 Å². The minimum absolute atomic E-state index is 0.0169. The molecular weight excluding hydrogens is 262 g/mol. The Morgan fingerprint density at radius 3 is 2.57 bits per heavy atom. The van der Waals surface area contributed by atoms with Gasteiger partial charge in [-0.3, -0.25) is 0 Å². The third kappa shape index (κ3) is 2.75. The van der Waals surface area contributed by atoms with Crippen molar-refractivity contribution in [2.45, 2.75) is 63.9 Å². The van der Waals surface area contributed by atoms with Crippen molar-refractivity contribution in [1.82, 2.24) is 0 Å². The third-order valence-corrected chi connectivity index (χ3v) is 4.99. The van der Waals surface area contributed by atoms with Gasteiger partial charge in [-0.25, -0.2) is 0 Å². The first-order valence-electron chi connectivity index (χ1n) is 7.95. The minimum atomic E-state index is -0.210. The molecule has 3 unspecified atom stereocenters. The number of rotatable bonds is 2. The van der Waals surface area contributed by atoms with E-state index in [4.69, 9.17) is 15.2 Å². The molecule has 21 heavy (non-hydrogen) atoms. The molecule has 1 aromatic carbocycles. The molecule has 3 heteroatoms. The van der Waals surface area contributed by atoms with Crippen LogP contribution in [0.5, 0.6) is 0 Å². The summed E-state index contributed by atoms with van der Waals surface area (Å²) in [6.45, 7) is 9.36. The summed E-state index contributed by atoms with van der Waals surface area (Å²) in [5, 5.41) is 0. The van der Waals surface area contributed by atoms with Gasteiger partial charge in [0, 0.05) is 12.0 Å². The van der Waals surface area contributed by atoms with Crippen LogP contribution in [0.1, 0.15) is 51.3 Å². The third-order valence-electron chi connectivity index (χ3n) is 4.99. The van der Waals surface area contributed by atoms with Crippen LogP contribution in [0.3, 0.4) is 0 Å². The molecule has 0 radical (unpaired) electrons. The zero-order valence-corrected chi connectivity index (χ0v) is 13.6. The first-order valence-corrected chi connectivity index (χ1v) is 7.95. The molecule has 2 heterocycles.